The lowest BCUT2D eigenvalue weighted by Gasteiger charge is -2.24. The van der Waals surface area contributed by atoms with Crippen molar-refractivity contribution in [2.45, 2.75) is 43.0 Å². The largest absolute Gasteiger partial charge is 0.354 e. The molecule has 1 atom stereocenters. The molecule has 0 radical (unpaired) electrons. The molecule has 1 aliphatic carbocycles. The van der Waals surface area contributed by atoms with E-state index in [0.717, 1.165) is 38.6 Å². The lowest BCUT2D eigenvalue weighted by Crippen LogP contribution is -2.46. The molecule has 23 heavy (non-hydrogen) atoms. The SMILES string of the molecule is CSc1ccc(CCNC(=O)C2CCCN2C(=O)C2CC2)cc1. The summed E-state index contributed by atoms with van der Waals surface area (Å²) < 4.78 is 0. The lowest BCUT2D eigenvalue weighted by atomic mass is 10.1. The zero-order valence-corrected chi connectivity index (χ0v) is 14.4. The zero-order valence-electron chi connectivity index (χ0n) is 13.6. The first kappa shape index (κ1) is 16.4. The van der Waals surface area contributed by atoms with Crippen LogP contribution in [0.5, 0.6) is 0 Å². The number of nitrogens with zero attached hydrogens (tertiary/aromatic N) is 1. The molecule has 4 nitrogen and oxygen atoms in total. The van der Waals surface area contributed by atoms with Gasteiger partial charge in [0.2, 0.25) is 11.8 Å². The number of carbonyl (C=O) groups is 2. The molecule has 1 N–H and O–H groups in total. The molecule has 1 aliphatic heterocycles. The van der Waals surface area contributed by atoms with Crippen LogP contribution in [0.25, 0.3) is 0 Å². The Balaban J connectivity index is 1.47. The second-order valence-corrected chi connectivity index (χ2v) is 7.23. The summed E-state index contributed by atoms with van der Waals surface area (Å²) in [4.78, 5) is 27.7. The Morgan fingerprint density at radius 1 is 1.22 bits per heavy atom. The summed E-state index contributed by atoms with van der Waals surface area (Å²) in [5, 5.41) is 3.01. The standard InChI is InChI=1S/C18H24N2O2S/c1-23-15-8-4-13(5-9-15)10-11-19-17(21)16-3-2-12-20(16)18(22)14-6-7-14/h4-5,8-9,14,16H,2-3,6-7,10-12H2,1H3,(H,19,21). The van der Waals surface area contributed by atoms with E-state index >= 15 is 0 Å². The number of rotatable bonds is 6. The van der Waals surface area contributed by atoms with Gasteiger partial charge < -0.3 is 10.2 Å². The van der Waals surface area contributed by atoms with Crippen molar-refractivity contribution in [3.8, 4) is 0 Å². The molecule has 0 aromatic heterocycles. The van der Waals surface area contributed by atoms with Crippen molar-refractivity contribution in [1.82, 2.24) is 10.2 Å². The van der Waals surface area contributed by atoms with Gasteiger partial charge in [-0.1, -0.05) is 12.1 Å². The van der Waals surface area contributed by atoms with Crippen LogP contribution in [-0.4, -0.2) is 42.1 Å². The highest BCUT2D eigenvalue weighted by molar-refractivity contribution is 7.98. The Labute approximate surface area is 142 Å². The molecule has 1 saturated carbocycles. The molecule has 2 fully saturated rings. The normalized spacial score (nSPS) is 20.6. The number of carbonyl (C=O) groups excluding carboxylic acids is 2. The number of nitrogens with one attached hydrogen (secondary N) is 1. The first-order valence-electron chi connectivity index (χ1n) is 8.40. The first-order valence-corrected chi connectivity index (χ1v) is 9.62. The Hall–Kier alpha value is -1.49. The highest BCUT2D eigenvalue weighted by Crippen LogP contribution is 2.33. The molecule has 124 valence electrons. The van der Waals surface area contributed by atoms with Crippen LogP contribution in [-0.2, 0) is 16.0 Å². The van der Waals surface area contributed by atoms with Gasteiger partial charge in [-0.25, -0.2) is 0 Å². The summed E-state index contributed by atoms with van der Waals surface area (Å²) >= 11 is 1.73. The minimum atomic E-state index is -0.248. The number of thioether (sulfide) groups is 1. The van der Waals surface area contributed by atoms with Gasteiger partial charge in [0.05, 0.1) is 0 Å². The zero-order chi connectivity index (χ0) is 16.2. The summed E-state index contributed by atoms with van der Waals surface area (Å²) in [6.07, 6.45) is 6.61. The average molecular weight is 332 g/mol. The van der Waals surface area contributed by atoms with Gasteiger partial charge in [-0.05, 0) is 56.1 Å². The van der Waals surface area contributed by atoms with Crippen molar-refractivity contribution in [3.63, 3.8) is 0 Å². The van der Waals surface area contributed by atoms with E-state index in [-0.39, 0.29) is 23.8 Å². The minimum absolute atomic E-state index is 0.0113. The number of amides is 2. The molecule has 0 bridgehead atoms. The van der Waals surface area contributed by atoms with Crippen molar-refractivity contribution in [1.29, 1.82) is 0 Å². The van der Waals surface area contributed by atoms with Crippen LogP contribution in [0.15, 0.2) is 29.2 Å². The van der Waals surface area contributed by atoms with Gasteiger partial charge in [-0.15, -0.1) is 11.8 Å². The highest BCUT2D eigenvalue weighted by atomic mass is 32.2. The number of likely N-dealkylation sites (tertiary alicyclic amines) is 1. The average Bonchev–Trinajstić information content (AvgIpc) is 3.31. The molecule has 1 aromatic carbocycles. The van der Waals surface area contributed by atoms with Gasteiger partial charge in [0.25, 0.3) is 0 Å². The van der Waals surface area contributed by atoms with Gasteiger partial charge in [0.15, 0.2) is 0 Å². The Kier molecular flexibility index (Phi) is 5.26. The maximum Gasteiger partial charge on any atom is 0.242 e. The molecular weight excluding hydrogens is 308 g/mol. The van der Waals surface area contributed by atoms with Gasteiger partial charge in [-0.2, -0.15) is 0 Å². The predicted molar refractivity (Wildman–Crippen MR) is 92.4 cm³/mol. The molecule has 3 rings (SSSR count). The van der Waals surface area contributed by atoms with Crippen LogP contribution < -0.4 is 5.32 Å². The van der Waals surface area contributed by atoms with Crippen molar-refractivity contribution < 1.29 is 9.59 Å². The monoisotopic (exact) mass is 332 g/mol. The molecule has 1 aromatic rings. The van der Waals surface area contributed by atoms with Crippen LogP contribution in [0.1, 0.15) is 31.2 Å². The van der Waals surface area contributed by atoms with Gasteiger partial charge >= 0.3 is 0 Å². The van der Waals surface area contributed by atoms with E-state index in [0.29, 0.717) is 6.54 Å². The predicted octanol–water partition coefficient (Wildman–Crippen LogP) is 2.47. The van der Waals surface area contributed by atoms with E-state index in [1.54, 1.807) is 16.7 Å². The maximum atomic E-state index is 12.4. The summed E-state index contributed by atoms with van der Waals surface area (Å²) in [5.41, 5.74) is 1.22. The van der Waals surface area contributed by atoms with Gasteiger partial charge in [0.1, 0.15) is 6.04 Å². The topological polar surface area (TPSA) is 49.4 Å². The fourth-order valence-electron chi connectivity index (χ4n) is 3.11. The molecular formula is C18H24N2O2S. The number of hydrogen-bond donors (Lipinski definition) is 1. The third-order valence-corrected chi connectivity index (χ3v) is 5.38. The van der Waals surface area contributed by atoms with Crippen LogP contribution in [0, 0.1) is 5.92 Å². The molecule has 2 aliphatic rings. The second-order valence-electron chi connectivity index (χ2n) is 6.35. The van der Waals surface area contributed by atoms with E-state index in [1.165, 1.54) is 10.5 Å². The van der Waals surface area contributed by atoms with Gasteiger partial charge in [0, 0.05) is 23.9 Å². The first-order chi connectivity index (χ1) is 11.2. The third kappa shape index (κ3) is 4.08. The smallest absolute Gasteiger partial charge is 0.242 e. The maximum absolute atomic E-state index is 12.4. The highest BCUT2D eigenvalue weighted by Gasteiger charge is 2.40. The number of hydrogen-bond acceptors (Lipinski definition) is 3. The van der Waals surface area contributed by atoms with E-state index in [9.17, 15) is 9.59 Å². The molecule has 1 heterocycles. The minimum Gasteiger partial charge on any atom is -0.354 e. The summed E-state index contributed by atoms with van der Waals surface area (Å²) in [6.45, 7) is 1.36. The van der Waals surface area contributed by atoms with Crippen LogP contribution in [0.3, 0.4) is 0 Å². The second kappa shape index (κ2) is 7.39. The fourth-order valence-corrected chi connectivity index (χ4v) is 3.52. The Morgan fingerprint density at radius 3 is 2.61 bits per heavy atom. The van der Waals surface area contributed by atoms with Crippen molar-refractivity contribution >= 4 is 23.6 Å². The van der Waals surface area contributed by atoms with E-state index in [1.807, 2.05) is 0 Å². The summed E-state index contributed by atoms with van der Waals surface area (Å²) in [5.74, 6) is 0.394. The Bertz CT molecular complexity index is 569. The van der Waals surface area contributed by atoms with Crippen molar-refractivity contribution in [3.05, 3.63) is 29.8 Å². The van der Waals surface area contributed by atoms with Crippen LogP contribution >= 0.6 is 11.8 Å². The Morgan fingerprint density at radius 2 is 1.96 bits per heavy atom. The quantitative estimate of drug-likeness (QED) is 0.814. The molecule has 0 spiro atoms. The number of benzene rings is 1. The fraction of sp³-hybridized carbons (Fsp3) is 0.556. The van der Waals surface area contributed by atoms with Crippen molar-refractivity contribution in [2.24, 2.45) is 5.92 Å². The lowest BCUT2D eigenvalue weighted by molar-refractivity contribution is -0.139. The van der Waals surface area contributed by atoms with Crippen LogP contribution in [0.2, 0.25) is 0 Å². The third-order valence-electron chi connectivity index (χ3n) is 4.64. The molecule has 1 unspecified atom stereocenters. The van der Waals surface area contributed by atoms with E-state index in [4.69, 9.17) is 0 Å². The summed E-state index contributed by atoms with van der Waals surface area (Å²) in [6, 6.07) is 8.18. The van der Waals surface area contributed by atoms with Crippen molar-refractivity contribution in [2.75, 3.05) is 19.3 Å². The molecule has 2 amide bonds. The molecule has 5 heteroatoms. The summed E-state index contributed by atoms with van der Waals surface area (Å²) in [7, 11) is 0. The van der Waals surface area contributed by atoms with Gasteiger partial charge in [-0.3, -0.25) is 9.59 Å². The van der Waals surface area contributed by atoms with E-state index < -0.39 is 0 Å². The molecule has 1 saturated heterocycles. The van der Waals surface area contributed by atoms with Crippen LogP contribution in [0.4, 0.5) is 0 Å². The van der Waals surface area contributed by atoms with E-state index in [2.05, 4.69) is 35.8 Å².